The average Bonchev–Trinajstić information content (AvgIpc) is 2.76. The molecule has 25 heavy (non-hydrogen) atoms. The molecule has 1 aliphatic heterocycles. The second-order valence-corrected chi connectivity index (χ2v) is 5.70. The normalized spacial score (nSPS) is 13.6. The fourth-order valence-electron chi connectivity index (χ4n) is 2.59. The number of ether oxygens (including phenoxy) is 2. The quantitative estimate of drug-likeness (QED) is 0.416. The van der Waals surface area contributed by atoms with Crippen LogP contribution in [0, 0.1) is 13.8 Å². The molecule has 1 aromatic heterocycles. The van der Waals surface area contributed by atoms with Gasteiger partial charge in [0, 0.05) is 37.3 Å². The maximum Gasteiger partial charge on any atom is 0.195 e. The highest BCUT2D eigenvalue weighted by Gasteiger charge is 2.11. The van der Waals surface area contributed by atoms with E-state index < -0.39 is 0 Å². The predicted molar refractivity (Wildman–Crippen MR) is 109 cm³/mol. The van der Waals surface area contributed by atoms with Crippen molar-refractivity contribution < 1.29 is 13.9 Å². The smallest absolute Gasteiger partial charge is 0.195 e. The number of anilines is 1. The van der Waals surface area contributed by atoms with Gasteiger partial charge in [-0.2, -0.15) is 0 Å². The van der Waals surface area contributed by atoms with Crippen LogP contribution in [0.4, 0.5) is 5.69 Å². The van der Waals surface area contributed by atoms with Crippen molar-refractivity contribution in [1.29, 1.82) is 0 Å². The summed E-state index contributed by atoms with van der Waals surface area (Å²) in [6.45, 7) is 5.91. The Kier molecular flexibility index (Phi) is 6.98. The molecule has 1 aromatic carbocycles. The van der Waals surface area contributed by atoms with Crippen molar-refractivity contribution in [3.63, 3.8) is 0 Å². The van der Waals surface area contributed by atoms with Gasteiger partial charge < -0.3 is 24.5 Å². The third-order valence-electron chi connectivity index (χ3n) is 3.82. The number of guanidine groups is 1. The first-order valence-corrected chi connectivity index (χ1v) is 8.09. The molecule has 0 atom stereocenters. The Balaban J connectivity index is 0.00000225. The fourth-order valence-corrected chi connectivity index (χ4v) is 2.59. The summed E-state index contributed by atoms with van der Waals surface area (Å²) in [4.78, 5) is 4.26. The molecule has 2 N–H and O–H groups in total. The zero-order valence-corrected chi connectivity index (χ0v) is 17.0. The van der Waals surface area contributed by atoms with E-state index >= 15 is 0 Å². The number of hydrogen-bond donors (Lipinski definition) is 2. The molecule has 0 amide bonds. The number of benzene rings is 1. The molecule has 0 saturated heterocycles. The molecule has 0 unspecified atom stereocenters. The fraction of sp³-hybridized carbons (Fsp3) is 0.389. The van der Waals surface area contributed by atoms with Crippen molar-refractivity contribution in [2.45, 2.75) is 26.8 Å². The molecule has 1 aliphatic rings. The number of nitrogens with one attached hydrogen (secondary N) is 2. The van der Waals surface area contributed by atoms with Crippen molar-refractivity contribution in [1.82, 2.24) is 5.32 Å². The summed E-state index contributed by atoms with van der Waals surface area (Å²) < 4.78 is 16.9. The second-order valence-electron chi connectivity index (χ2n) is 5.70. The van der Waals surface area contributed by atoms with E-state index in [9.17, 15) is 0 Å². The molecule has 0 aliphatic carbocycles. The molecular weight excluding hydrogens is 433 g/mol. The number of fused-ring (bicyclic) bond motifs is 1. The van der Waals surface area contributed by atoms with Gasteiger partial charge in [0.05, 0.1) is 13.2 Å². The molecule has 0 spiro atoms. The lowest BCUT2D eigenvalue weighted by Crippen LogP contribution is -2.30. The lowest BCUT2D eigenvalue weighted by Gasteiger charge is -2.13. The molecular formula is C18H24IN3O3. The van der Waals surface area contributed by atoms with Crippen molar-refractivity contribution in [2.24, 2.45) is 4.99 Å². The van der Waals surface area contributed by atoms with Crippen LogP contribution in [0.25, 0.3) is 0 Å². The third-order valence-corrected chi connectivity index (χ3v) is 3.82. The van der Waals surface area contributed by atoms with Crippen molar-refractivity contribution >= 4 is 35.6 Å². The number of aliphatic imine (C=N–C) groups is 1. The van der Waals surface area contributed by atoms with Gasteiger partial charge in [0.25, 0.3) is 0 Å². The molecule has 0 radical (unpaired) electrons. The first kappa shape index (κ1) is 19.4. The Morgan fingerprint density at radius 3 is 2.56 bits per heavy atom. The Bertz CT molecular complexity index is 743. The van der Waals surface area contributed by atoms with E-state index in [1.54, 1.807) is 7.05 Å². The van der Waals surface area contributed by atoms with Gasteiger partial charge in [0.1, 0.15) is 11.5 Å². The van der Waals surface area contributed by atoms with Crippen molar-refractivity contribution in [2.75, 3.05) is 25.6 Å². The zero-order valence-electron chi connectivity index (χ0n) is 14.7. The van der Waals surface area contributed by atoms with Crippen molar-refractivity contribution in [3.05, 3.63) is 41.3 Å². The summed E-state index contributed by atoms with van der Waals surface area (Å²) in [5, 5.41) is 6.56. The summed E-state index contributed by atoms with van der Waals surface area (Å²) in [5.74, 6) is 4.06. The highest BCUT2D eigenvalue weighted by molar-refractivity contribution is 14.0. The van der Waals surface area contributed by atoms with E-state index in [1.165, 1.54) is 0 Å². The van der Waals surface area contributed by atoms with Gasteiger partial charge in [-0.05, 0) is 32.0 Å². The summed E-state index contributed by atoms with van der Waals surface area (Å²) in [7, 11) is 1.74. The SMILES string of the molecule is CN=C(NCc1cc(C)oc1C)Nc1ccc2c(c1)OCCCO2.I. The number of aryl methyl sites for hydroxylation is 2. The Morgan fingerprint density at radius 2 is 1.88 bits per heavy atom. The predicted octanol–water partition coefficient (Wildman–Crippen LogP) is 3.86. The number of nitrogens with zero attached hydrogens (tertiary/aromatic N) is 1. The van der Waals surface area contributed by atoms with E-state index in [2.05, 4.69) is 15.6 Å². The lowest BCUT2D eigenvalue weighted by atomic mass is 10.2. The average molecular weight is 457 g/mol. The van der Waals surface area contributed by atoms with Gasteiger partial charge in [-0.1, -0.05) is 0 Å². The molecule has 6 nitrogen and oxygen atoms in total. The molecule has 0 fully saturated rings. The second kappa shape index (κ2) is 8.98. The molecule has 7 heteroatoms. The van der Waals surface area contributed by atoms with Crippen LogP contribution in [-0.4, -0.2) is 26.2 Å². The van der Waals surface area contributed by atoms with Crippen LogP contribution in [-0.2, 0) is 6.54 Å². The van der Waals surface area contributed by atoms with Gasteiger partial charge in [-0.3, -0.25) is 4.99 Å². The van der Waals surface area contributed by atoms with Gasteiger partial charge in [-0.15, -0.1) is 24.0 Å². The van der Waals surface area contributed by atoms with Gasteiger partial charge in [0.2, 0.25) is 0 Å². The van der Waals surface area contributed by atoms with Crippen LogP contribution in [0.1, 0.15) is 23.5 Å². The van der Waals surface area contributed by atoms with E-state index in [0.29, 0.717) is 25.7 Å². The molecule has 3 rings (SSSR count). The minimum Gasteiger partial charge on any atom is -0.490 e. The van der Waals surface area contributed by atoms with E-state index in [1.807, 2.05) is 38.1 Å². The van der Waals surface area contributed by atoms with Gasteiger partial charge in [0.15, 0.2) is 17.5 Å². The Morgan fingerprint density at radius 1 is 1.12 bits per heavy atom. The van der Waals surface area contributed by atoms with E-state index in [4.69, 9.17) is 13.9 Å². The number of furan rings is 1. The summed E-state index contributed by atoms with van der Waals surface area (Å²) in [5.41, 5.74) is 2.02. The van der Waals surface area contributed by atoms with Crippen LogP contribution in [0.5, 0.6) is 11.5 Å². The molecule has 0 bridgehead atoms. The van der Waals surface area contributed by atoms with Crippen LogP contribution in [0.2, 0.25) is 0 Å². The lowest BCUT2D eigenvalue weighted by molar-refractivity contribution is 0.297. The first-order valence-electron chi connectivity index (χ1n) is 8.09. The molecule has 136 valence electrons. The summed E-state index contributed by atoms with van der Waals surface area (Å²) >= 11 is 0. The number of halogens is 1. The van der Waals surface area contributed by atoms with Crippen molar-refractivity contribution in [3.8, 4) is 11.5 Å². The molecule has 2 heterocycles. The minimum atomic E-state index is 0. The Hall–Kier alpha value is -1.90. The van der Waals surface area contributed by atoms with Crippen LogP contribution in [0.15, 0.2) is 33.7 Å². The summed E-state index contributed by atoms with van der Waals surface area (Å²) in [6.07, 6.45) is 0.893. The van der Waals surface area contributed by atoms with Crippen LogP contribution < -0.4 is 20.1 Å². The van der Waals surface area contributed by atoms with Crippen LogP contribution >= 0.6 is 24.0 Å². The monoisotopic (exact) mass is 457 g/mol. The largest absolute Gasteiger partial charge is 0.490 e. The summed E-state index contributed by atoms with van der Waals surface area (Å²) in [6, 6.07) is 7.83. The van der Waals surface area contributed by atoms with E-state index in [-0.39, 0.29) is 24.0 Å². The van der Waals surface area contributed by atoms with Crippen LogP contribution in [0.3, 0.4) is 0 Å². The maximum atomic E-state index is 5.71. The first-order chi connectivity index (χ1) is 11.7. The van der Waals surface area contributed by atoms with Gasteiger partial charge in [-0.25, -0.2) is 0 Å². The third kappa shape index (κ3) is 5.04. The topological polar surface area (TPSA) is 68.0 Å². The number of rotatable bonds is 3. The highest BCUT2D eigenvalue weighted by Crippen LogP contribution is 2.32. The van der Waals surface area contributed by atoms with Gasteiger partial charge >= 0.3 is 0 Å². The standard InChI is InChI=1S/C18H23N3O3.HI/c1-12-9-14(13(2)24-12)11-20-18(19-3)21-15-5-6-16-17(10-15)23-8-4-7-22-16;/h5-6,9-10H,4,7-8,11H2,1-3H3,(H2,19,20,21);1H. The minimum absolute atomic E-state index is 0. The Labute approximate surface area is 165 Å². The molecule has 2 aromatic rings. The highest BCUT2D eigenvalue weighted by atomic mass is 127. The van der Waals surface area contributed by atoms with E-state index in [0.717, 1.165) is 40.7 Å². The zero-order chi connectivity index (χ0) is 16.9. The number of hydrogen-bond acceptors (Lipinski definition) is 4. The molecule has 0 saturated carbocycles. The maximum absolute atomic E-state index is 5.71.